The molecule has 0 aromatic carbocycles. The smallest absolute Gasteiger partial charge is 0.220 e. The lowest BCUT2D eigenvalue weighted by atomic mass is 9.99. The summed E-state index contributed by atoms with van der Waals surface area (Å²) in [6, 6.07) is -0.806. The fourth-order valence-corrected chi connectivity index (χ4v) is 9.83. The van der Waals surface area contributed by atoms with Crippen molar-refractivity contribution in [2.24, 2.45) is 0 Å². The first kappa shape index (κ1) is 70.6. The maximum absolute atomic E-state index is 13.1. The van der Waals surface area contributed by atoms with Crippen LogP contribution in [0.4, 0.5) is 0 Å². The Morgan fingerprint density at radius 2 is 0.827 bits per heavy atom. The van der Waals surface area contributed by atoms with Crippen molar-refractivity contribution >= 4 is 5.91 Å². The largest absolute Gasteiger partial charge is 0.394 e. The molecule has 436 valence electrons. The lowest BCUT2D eigenvalue weighted by Gasteiger charge is -2.40. The molecule has 0 bridgehead atoms. The van der Waals surface area contributed by atoms with Gasteiger partial charge in [0, 0.05) is 6.42 Å². The normalized spacial score (nSPS) is 19.4. The Morgan fingerprint density at radius 3 is 1.23 bits per heavy atom. The van der Waals surface area contributed by atoms with Gasteiger partial charge >= 0.3 is 0 Å². The molecule has 7 atom stereocenters. The summed E-state index contributed by atoms with van der Waals surface area (Å²) in [5.74, 6) is -0.174. The van der Waals surface area contributed by atoms with Gasteiger partial charge in [-0.05, 0) is 64.2 Å². The highest BCUT2D eigenvalue weighted by Crippen LogP contribution is 2.23. The molecule has 6 N–H and O–H groups in total. The van der Waals surface area contributed by atoms with E-state index < -0.39 is 49.5 Å². The fourth-order valence-electron chi connectivity index (χ4n) is 9.83. The van der Waals surface area contributed by atoms with Gasteiger partial charge in [0.25, 0.3) is 0 Å². The molecule has 0 spiro atoms. The molecule has 0 saturated carbocycles. The third-order valence-electron chi connectivity index (χ3n) is 14.8. The van der Waals surface area contributed by atoms with Crippen molar-refractivity contribution < 1.29 is 39.8 Å². The van der Waals surface area contributed by atoms with E-state index in [1.807, 2.05) is 6.08 Å². The Balaban J connectivity index is 2.12. The highest BCUT2D eigenvalue weighted by atomic mass is 16.7. The molecular formula is C66H119NO8. The number of nitrogens with one attached hydrogen (secondary N) is 1. The van der Waals surface area contributed by atoms with Crippen LogP contribution in [0.5, 0.6) is 0 Å². The monoisotopic (exact) mass is 1050 g/mol. The van der Waals surface area contributed by atoms with Crippen LogP contribution >= 0.6 is 0 Å². The minimum absolute atomic E-state index is 0.174. The second-order valence-electron chi connectivity index (χ2n) is 21.8. The molecular weight excluding hydrogens is 935 g/mol. The lowest BCUT2D eigenvalue weighted by Crippen LogP contribution is -2.60. The van der Waals surface area contributed by atoms with Crippen LogP contribution in [0.15, 0.2) is 72.9 Å². The highest BCUT2D eigenvalue weighted by molar-refractivity contribution is 5.76. The van der Waals surface area contributed by atoms with Crippen molar-refractivity contribution in [1.29, 1.82) is 0 Å². The number of carbonyl (C=O) groups is 1. The van der Waals surface area contributed by atoms with Crippen molar-refractivity contribution in [3.8, 4) is 0 Å². The first-order chi connectivity index (χ1) is 36.8. The van der Waals surface area contributed by atoms with Crippen molar-refractivity contribution in [2.75, 3.05) is 13.2 Å². The zero-order valence-corrected chi connectivity index (χ0v) is 48.5. The standard InChI is InChI=1S/C66H119NO8/c1-3-5-7-9-11-13-15-17-19-21-22-23-24-25-26-27-28-29-30-31-32-33-34-35-36-37-38-40-42-44-46-48-50-52-54-56-62(70)67-59(58-74-66-65(73)64(72)63(71)61(57-68)75-66)60(69)55-53-51-49-47-45-43-41-39-20-18-16-14-12-10-8-6-4-2/h5,7,11,13,17,19,22-23,25-26,53,55,59-61,63-66,68-69,71-73H,3-4,6,8-10,12,14-16,18,20-21,24,27-52,54,56-58H2,1-2H3,(H,67,70)/b7-5-,13-11-,19-17-,23-22-,26-25-,55-53+. The zero-order chi connectivity index (χ0) is 54.3. The maximum Gasteiger partial charge on any atom is 0.220 e. The molecule has 7 unspecified atom stereocenters. The van der Waals surface area contributed by atoms with E-state index in [0.29, 0.717) is 6.42 Å². The van der Waals surface area contributed by atoms with Gasteiger partial charge in [-0.25, -0.2) is 0 Å². The average molecular weight is 1050 g/mol. The van der Waals surface area contributed by atoms with E-state index >= 15 is 0 Å². The highest BCUT2D eigenvalue weighted by Gasteiger charge is 2.44. The number of aliphatic hydroxyl groups excluding tert-OH is 5. The lowest BCUT2D eigenvalue weighted by molar-refractivity contribution is -0.302. The third kappa shape index (κ3) is 44.2. The van der Waals surface area contributed by atoms with Crippen LogP contribution in [-0.2, 0) is 14.3 Å². The number of unbranched alkanes of at least 4 members (excludes halogenated alkanes) is 34. The second-order valence-corrected chi connectivity index (χ2v) is 21.8. The number of rotatable bonds is 54. The molecule has 1 aliphatic rings. The molecule has 0 aromatic rings. The van der Waals surface area contributed by atoms with Crippen molar-refractivity contribution in [3.05, 3.63) is 72.9 Å². The fraction of sp³-hybridized carbons (Fsp3) is 0.803. The third-order valence-corrected chi connectivity index (χ3v) is 14.8. The van der Waals surface area contributed by atoms with Crippen molar-refractivity contribution in [2.45, 2.75) is 326 Å². The Labute approximate surface area is 461 Å². The van der Waals surface area contributed by atoms with Crippen LogP contribution in [0.1, 0.15) is 284 Å². The molecule has 75 heavy (non-hydrogen) atoms. The molecule has 1 fully saturated rings. The summed E-state index contributed by atoms with van der Waals surface area (Å²) in [6.45, 7) is 3.69. The summed E-state index contributed by atoms with van der Waals surface area (Å²) in [4.78, 5) is 13.1. The predicted octanol–water partition coefficient (Wildman–Crippen LogP) is 16.4. The predicted molar refractivity (Wildman–Crippen MR) is 318 cm³/mol. The molecule has 1 amide bonds. The first-order valence-electron chi connectivity index (χ1n) is 31.7. The van der Waals surface area contributed by atoms with Gasteiger partial charge in [0.1, 0.15) is 24.4 Å². The van der Waals surface area contributed by atoms with Gasteiger partial charge < -0.3 is 40.3 Å². The minimum Gasteiger partial charge on any atom is -0.394 e. The van der Waals surface area contributed by atoms with Crippen molar-refractivity contribution in [1.82, 2.24) is 5.32 Å². The average Bonchev–Trinajstić information content (AvgIpc) is 3.41. The molecule has 0 aromatic heterocycles. The summed E-state index contributed by atoms with van der Waals surface area (Å²) >= 11 is 0. The summed E-state index contributed by atoms with van der Waals surface area (Å²) < 4.78 is 11.3. The van der Waals surface area contributed by atoms with Gasteiger partial charge in [0.2, 0.25) is 5.91 Å². The molecule has 9 heteroatoms. The number of ether oxygens (including phenoxy) is 2. The van der Waals surface area contributed by atoms with Crippen LogP contribution in [0, 0.1) is 0 Å². The van der Waals surface area contributed by atoms with Gasteiger partial charge in [-0.1, -0.05) is 286 Å². The molecule has 9 nitrogen and oxygen atoms in total. The Bertz CT molecular complexity index is 1410. The topological polar surface area (TPSA) is 149 Å². The summed E-state index contributed by atoms with van der Waals surface area (Å²) in [7, 11) is 0. The van der Waals surface area contributed by atoms with Crippen LogP contribution < -0.4 is 5.32 Å². The molecule has 1 rings (SSSR count). The van der Waals surface area contributed by atoms with E-state index in [9.17, 15) is 30.3 Å². The summed E-state index contributed by atoms with van der Waals surface area (Å²) in [5.41, 5.74) is 0. The molecule has 1 saturated heterocycles. The number of hydrogen-bond acceptors (Lipinski definition) is 8. The number of allylic oxidation sites excluding steroid dienone is 11. The van der Waals surface area contributed by atoms with E-state index in [0.717, 1.165) is 70.6 Å². The van der Waals surface area contributed by atoms with Gasteiger partial charge in [0.05, 0.1) is 25.4 Å². The van der Waals surface area contributed by atoms with Gasteiger partial charge in [-0.15, -0.1) is 0 Å². The minimum atomic E-state index is -1.57. The second kappa shape index (κ2) is 55.0. The van der Waals surface area contributed by atoms with Crippen LogP contribution in [0.25, 0.3) is 0 Å². The van der Waals surface area contributed by atoms with Gasteiger partial charge in [-0.2, -0.15) is 0 Å². The van der Waals surface area contributed by atoms with Gasteiger partial charge in [-0.3, -0.25) is 4.79 Å². The summed E-state index contributed by atoms with van der Waals surface area (Å²) in [5, 5.41) is 54.6. The maximum atomic E-state index is 13.1. The Kier molecular flexibility index (Phi) is 51.8. The number of aliphatic hydroxyl groups is 5. The Hall–Kier alpha value is -2.37. The Morgan fingerprint density at radius 1 is 0.467 bits per heavy atom. The molecule has 0 radical (unpaired) electrons. The van der Waals surface area contributed by atoms with E-state index in [1.165, 1.54) is 193 Å². The summed E-state index contributed by atoms with van der Waals surface area (Å²) in [6.07, 6.45) is 69.8. The zero-order valence-electron chi connectivity index (χ0n) is 48.5. The molecule has 1 aliphatic heterocycles. The van der Waals surface area contributed by atoms with Crippen LogP contribution in [-0.4, -0.2) is 87.5 Å². The molecule has 1 heterocycles. The quantitative estimate of drug-likeness (QED) is 0.0261. The van der Waals surface area contributed by atoms with Crippen molar-refractivity contribution in [3.63, 3.8) is 0 Å². The van der Waals surface area contributed by atoms with E-state index in [1.54, 1.807) is 6.08 Å². The first-order valence-corrected chi connectivity index (χ1v) is 31.7. The van der Waals surface area contributed by atoms with E-state index in [4.69, 9.17) is 9.47 Å². The number of hydrogen-bond donors (Lipinski definition) is 6. The molecule has 0 aliphatic carbocycles. The van der Waals surface area contributed by atoms with Crippen LogP contribution in [0.3, 0.4) is 0 Å². The van der Waals surface area contributed by atoms with Gasteiger partial charge in [0.15, 0.2) is 6.29 Å². The van der Waals surface area contributed by atoms with E-state index in [2.05, 4.69) is 79.9 Å². The van der Waals surface area contributed by atoms with E-state index in [-0.39, 0.29) is 12.5 Å². The number of carbonyl (C=O) groups excluding carboxylic acids is 1. The van der Waals surface area contributed by atoms with Crippen LogP contribution in [0.2, 0.25) is 0 Å². The number of amides is 1. The SMILES string of the molecule is CC/C=C\C/C=C\C/C=C\C/C=C\C/C=C\CCCCCCCCCCCCCCCCCCCCCC(=O)NC(COC1OC(CO)C(O)C(O)C1O)C(O)/C=C/CCCCCCCCCCCCCCCCC.